The van der Waals surface area contributed by atoms with Crippen molar-refractivity contribution >= 4 is 29.1 Å². The van der Waals surface area contributed by atoms with Gasteiger partial charge in [-0.3, -0.25) is 4.79 Å². The number of ether oxygens (including phenoxy) is 2. The van der Waals surface area contributed by atoms with Crippen LogP contribution in [0.3, 0.4) is 0 Å². The number of amides is 1. The molecular formula is C19H23ClN4O3. The van der Waals surface area contributed by atoms with Gasteiger partial charge in [0.05, 0.1) is 24.9 Å². The number of benzene rings is 1. The second kappa shape index (κ2) is 8.90. The lowest BCUT2D eigenvalue weighted by Gasteiger charge is -2.22. The first kappa shape index (κ1) is 19.2. The fraction of sp³-hybridized carbons (Fsp3) is 0.421. The minimum atomic E-state index is -0.187. The third kappa shape index (κ3) is 4.80. The summed E-state index contributed by atoms with van der Waals surface area (Å²) in [5, 5.41) is 6.55. The quantitative estimate of drug-likeness (QED) is 0.776. The molecule has 0 bridgehead atoms. The van der Waals surface area contributed by atoms with E-state index in [1.807, 2.05) is 0 Å². The van der Waals surface area contributed by atoms with Crippen molar-refractivity contribution in [3.05, 3.63) is 35.1 Å². The number of halogens is 1. The van der Waals surface area contributed by atoms with Crippen LogP contribution >= 0.6 is 11.6 Å². The lowest BCUT2D eigenvalue weighted by Crippen LogP contribution is -2.36. The van der Waals surface area contributed by atoms with E-state index < -0.39 is 0 Å². The highest BCUT2D eigenvalue weighted by atomic mass is 35.5. The van der Waals surface area contributed by atoms with Gasteiger partial charge in [-0.2, -0.15) is 0 Å². The van der Waals surface area contributed by atoms with Crippen molar-refractivity contribution in [2.45, 2.75) is 38.1 Å². The maximum Gasteiger partial charge on any atom is 0.270 e. The van der Waals surface area contributed by atoms with Gasteiger partial charge in [-0.1, -0.05) is 30.9 Å². The maximum atomic E-state index is 12.5. The van der Waals surface area contributed by atoms with Crippen LogP contribution in [-0.4, -0.2) is 36.1 Å². The summed E-state index contributed by atoms with van der Waals surface area (Å²) in [4.78, 5) is 21.0. The van der Waals surface area contributed by atoms with E-state index in [9.17, 15) is 4.79 Å². The SMILES string of the molecule is COc1cc(Nc2nccc(C(=O)NC3CCCCC3)n2)c(OC)cc1Cl. The van der Waals surface area contributed by atoms with Gasteiger partial charge in [-0.15, -0.1) is 0 Å². The molecule has 0 atom stereocenters. The third-order valence-electron chi connectivity index (χ3n) is 4.55. The molecule has 0 saturated heterocycles. The highest BCUT2D eigenvalue weighted by Crippen LogP contribution is 2.36. The lowest BCUT2D eigenvalue weighted by molar-refractivity contribution is 0.0922. The summed E-state index contributed by atoms with van der Waals surface area (Å²) in [6, 6.07) is 5.16. The van der Waals surface area contributed by atoms with Crippen molar-refractivity contribution < 1.29 is 14.3 Å². The Morgan fingerprint density at radius 3 is 2.59 bits per heavy atom. The molecule has 1 aliphatic rings. The molecule has 2 aromatic rings. The molecule has 0 spiro atoms. The summed E-state index contributed by atoms with van der Waals surface area (Å²) in [7, 11) is 3.07. The van der Waals surface area contributed by atoms with Gasteiger partial charge in [0.1, 0.15) is 17.2 Å². The molecule has 1 saturated carbocycles. The predicted octanol–water partition coefficient (Wildman–Crippen LogP) is 3.95. The molecule has 0 aliphatic heterocycles. The van der Waals surface area contributed by atoms with Crippen LogP contribution in [0.2, 0.25) is 5.02 Å². The Morgan fingerprint density at radius 1 is 1.15 bits per heavy atom. The molecule has 27 heavy (non-hydrogen) atoms. The minimum Gasteiger partial charge on any atom is -0.495 e. The number of rotatable bonds is 6. The van der Waals surface area contributed by atoms with Crippen LogP contribution < -0.4 is 20.1 Å². The minimum absolute atomic E-state index is 0.187. The van der Waals surface area contributed by atoms with E-state index in [4.69, 9.17) is 21.1 Å². The lowest BCUT2D eigenvalue weighted by atomic mass is 9.95. The zero-order chi connectivity index (χ0) is 19.2. The van der Waals surface area contributed by atoms with Crippen molar-refractivity contribution in [2.75, 3.05) is 19.5 Å². The predicted molar refractivity (Wildman–Crippen MR) is 104 cm³/mol. The van der Waals surface area contributed by atoms with Crippen LogP contribution in [0.25, 0.3) is 0 Å². The second-order valence-corrected chi connectivity index (χ2v) is 6.79. The first-order chi connectivity index (χ1) is 13.1. The Bertz CT molecular complexity index is 810. The topological polar surface area (TPSA) is 85.4 Å². The van der Waals surface area contributed by atoms with Crippen molar-refractivity contribution in [1.82, 2.24) is 15.3 Å². The monoisotopic (exact) mass is 390 g/mol. The fourth-order valence-electron chi connectivity index (χ4n) is 3.13. The molecule has 1 fully saturated rings. The summed E-state index contributed by atoms with van der Waals surface area (Å²) in [5.74, 6) is 1.11. The van der Waals surface area contributed by atoms with E-state index in [0.717, 1.165) is 25.7 Å². The van der Waals surface area contributed by atoms with E-state index in [0.29, 0.717) is 27.9 Å². The van der Waals surface area contributed by atoms with Gasteiger partial charge in [0.15, 0.2) is 0 Å². The molecule has 144 valence electrons. The highest BCUT2D eigenvalue weighted by Gasteiger charge is 2.18. The fourth-order valence-corrected chi connectivity index (χ4v) is 3.36. The van der Waals surface area contributed by atoms with Gasteiger partial charge >= 0.3 is 0 Å². The standard InChI is InChI=1S/C19H23ClN4O3/c1-26-16-11-15(17(27-2)10-13(16)20)24-19-21-9-8-14(23-19)18(25)22-12-6-4-3-5-7-12/h8-12H,3-7H2,1-2H3,(H,22,25)(H,21,23,24). The summed E-state index contributed by atoms with van der Waals surface area (Å²) in [6.45, 7) is 0. The van der Waals surface area contributed by atoms with Crippen LogP contribution in [0.5, 0.6) is 11.5 Å². The summed E-state index contributed by atoms with van der Waals surface area (Å²) in [6.07, 6.45) is 7.12. The normalized spacial score (nSPS) is 14.5. The molecule has 8 heteroatoms. The number of nitrogens with one attached hydrogen (secondary N) is 2. The molecule has 1 amide bonds. The smallest absolute Gasteiger partial charge is 0.270 e. The molecule has 2 N–H and O–H groups in total. The van der Waals surface area contributed by atoms with Crippen LogP contribution in [0.15, 0.2) is 24.4 Å². The molecular weight excluding hydrogens is 368 g/mol. The number of hydrogen-bond donors (Lipinski definition) is 2. The zero-order valence-electron chi connectivity index (χ0n) is 15.4. The van der Waals surface area contributed by atoms with Gasteiger partial charge in [0, 0.05) is 24.4 Å². The third-order valence-corrected chi connectivity index (χ3v) is 4.84. The van der Waals surface area contributed by atoms with Crippen LogP contribution in [0.4, 0.5) is 11.6 Å². The second-order valence-electron chi connectivity index (χ2n) is 6.39. The average Bonchev–Trinajstić information content (AvgIpc) is 2.70. The van der Waals surface area contributed by atoms with E-state index in [-0.39, 0.29) is 17.9 Å². The Kier molecular flexibility index (Phi) is 6.34. The van der Waals surface area contributed by atoms with Gasteiger partial charge < -0.3 is 20.1 Å². The number of carbonyl (C=O) groups is 1. The van der Waals surface area contributed by atoms with E-state index >= 15 is 0 Å². The van der Waals surface area contributed by atoms with Gasteiger partial charge in [0.25, 0.3) is 5.91 Å². The molecule has 1 aromatic carbocycles. The largest absolute Gasteiger partial charge is 0.495 e. The van der Waals surface area contributed by atoms with Crippen LogP contribution in [-0.2, 0) is 0 Å². The number of anilines is 2. The maximum absolute atomic E-state index is 12.5. The zero-order valence-corrected chi connectivity index (χ0v) is 16.2. The number of aromatic nitrogens is 2. The Labute approximate surface area is 163 Å². The Morgan fingerprint density at radius 2 is 1.89 bits per heavy atom. The summed E-state index contributed by atoms with van der Waals surface area (Å²) >= 11 is 6.13. The summed E-state index contributed by atoms with van der Waals surface area (Å²) < 4.78 is 10.6. The molecule has 1 heterocycles. The molecule has 1 aromatic heterocycles. The molecule has 3 rings (SSSR count). The highest BCUT2D eigenvalue weighted by molar-refractivity contribution is 6.32. The van der Waals surface area contributed by atoms with Crippen molar-refractivity contribution in [3.63, 3.8) is 0 Å². The van der Waals surface area contributed by atoms with Gasteiger partial charge in [0.2, 0.25) is 5.95 Å². The molecule has 1 aliphatic carbocycles. The number of nitrogens with zero attached hydrogens (tertiary/aromatic N) is 2. The summed E-state index contributed by atoms with van der Waals surface area (Å²) in [5.41, 5.74) is 0.904. The van der Waals surface area contributed by atoms with E-state index in [1.54, 1.807) is 24.4 Å². The van der Waals surface area contributed by atoms with Crippen LogP contribution in [0.1, 0.15) is 42.6 Å². The molecule has 0 unspecified atom stereocenters. The van der Waals surface area contributed by atoms with E-state index in [1.165, 1.54) is 20.6 Å². The van der Waals surface area contributed by atoms with Crippen molar-refractivity contribution in [3.8, 4) is 11.5 Å². The molecule has 0 radical (unpaired) electrons. The van der Waals surface area contributed by atoms with Crippen molar-refractivity contribution in [2.24, 2.45) is 0 Å². The van der Waals surface area contributed by atoms with E-state index in [2.05, 4.69) is 20.6 Å². The van der Waals surface area contributed by atoms with Crippen LogP contribution in [0, 0.1) is 0 Å². The first-order valence-electron chi connectivity index (χ1n) is 8.93. The average molecular weight is 391 g/mol. The Hall–Kier alpha value is -2.54. The number of methoxy groups -OCH3 is 2. The Balaban J connectivity index is 1.76. The molecule has 7 nitrogen and oxygen atoms in total. The van der Waals surface area contributed by atoms with Gasteiger partial charge in [-0.05, 0) is 18.9 Å². The van der Waals surface area contributed by atoms with Crippen molar-refractivity contribution in [1.29, 1.82) is 0 Å². The number of carbonyl (C=O) groups excluding carboxylic acids is 1. The van der Waals surface area contributed by atoms with Gasteiger partial charge in [-0.25, -0.2) is 9.97 Å². The first-order valence-corrected chi connectivity index (χ1v) is 9.31. The number of hydrogen-bond acceptors (Lipinski definition) is 6.